The molecule has 6 nitrogen and oxygen atoms in total. The number of hydrogen-bond acceptors (Lipinski definition) is 5. The van der Waals surface area contributed by atoms with Gasteiger partial charge in [0.15, 0.2) is 5.82 Å². The van der Waals surface area contributed by atoms with Crippen LogP contribution < -0.4 is 5.43 Å². The molecule has 2 heterocycles. The average Bonchev–Trinajstić information content (AvgIpc) is 3.18. The molecule has 0 radical (unpaired) electrons. The van der Waals surface area contributed by atoms with E-state index in [4.69, 9.17) is 11.6 Å². The predicted molar refractivity (Wildman–Crippen MR) is 117 cm³/mol. The van der Waals surface area contributed by atoms with Crippen molar-refractivity contribution in [2.45, 2.75) is 30.3 Å². The lowest BCUT2D eigenvalue weighted by atomic mass is 10.0. The molecule has 0 bridgehead atoms. The molecule has 0 aliphatic carbocycles. The number of thioether (sulfide) groups is 1. The van der Waals surface area contributed by atoms with Crippen LogP contribution in [0.2, 0.25) is 5.02 Å². The van der Waals surface area contributed by atoms with Gasteiger partial charge in [0, 0.05) is 23.7 Å². The highest BCUT2D eigenvalue weighted by molar-refractivity contribution is 8.00. The van der Waals surface area contributed by atoms with Crippen molar-refractivity contribution in [2.75, 3.05) is 18.5 Å². The smallest absolute Gasteiger partial charge is 0.238 e. The van der Waals surface area contributed by atoms with Gasteiger partial charge in [-0.05, 0) is 31.5 Å². The van der Waals surface area contributed by atoms with Gasteiger partial charge < -0.3 is 10.3 Å². The van der Waals surface area contributed by atoms with Gasteiger partial charge in [-0.3, -0.25) is 4.79 Å². The molecule has 29 heavy (non-hydrogen) atoms. The zero-order valence-corrected chi connectivity index (χ0v) is 17.8. The minimum atomic E-state index is -0.351. The standard InChI is InChI=1S/C21H22ClN5OS/c1-3-26(4-2)20(28)18-17(14-10-12-16(22)13-11-14)25-27-19(23-24-21(27)29-18)15-8-6-5-7-9-15/h5-13,17-18,25H,3-4H2,1-2H3/t17-,18+/m1/s1. The molecule has 0 saturated carbocycles. The summed E-state index contributed by atoms with van der Waals surface area (Å²) in [6.07, 6.45) is 0. The molecule has 2 atom stereocenters. The van der Waals surface area contributed by atoms with E-state index in [2.05, 4.69) is 15.6 Å². The minimum absolute atomic E-state index is 0.0861. The highest BCUT2D eigenvalue weighted by Gasteiger charge is 2.39. The van der Waals surface area contributed by atoms with Crippen LogP contribution in [-0.4, -0.2) is 44.0 Å². The molecule has 4 rings (SSSR count). The van der Waals surface area contributed by atoms with E-state index in [1.807, 2.05) is 78.0 Å². The summed E-state index contributed by atoms with van der Waals surface area (Å²) in [6, 6.07) is 17.3. The van der Waals surface area contributed by atoms with Crippen LogP contribution in [0.25, 0.3) is 11.4 Å². The van der Waals surface area contributed by atoms with Gasteiger partial charge in [-0.25, -0.2) is 4.68 Å². The van der Waals surface area contributed by atoms with Crippen LogP contribution in [0.5, 0.6) is 0 Å². The number of carbonyl (C=O) groups excluding carboxylic acids is 1. The molecule has 1 amide bonds. The van der Waals surface area contributed by atoms with Gasteiger partial charge in [0.25, 0.3) is 0 Å². The second-order valence-corrected chi connectivity index (χ2v) is 8.26. The average molecular weight is 428 g/mol. The maximum absolute atomic E-state index is 13.3. The molecule has 0 unspecified atom stereocenters. The maximum Gasteiger partial charge on any atom is 0.238 e. The number of aromatic nitrogens is 3. The Balaban J connectivity index is 1.76. The lowest BCUT2D eigenvalue weighted by Crippen LogP contribution is -2.46. The number of benzene rings is 2. The van der Waals surface area contributed by atoms with E-state index in [0.717, 1.165) is 17.0 Å². The van der Waals surface area contributed by atoms with Crippen molar-refractivity contribution in [3.05, 3.63) is 65.2 Å². The number of fused-ring (bicyclic) bond motifs is 1. The van der Waals surface area contributed by atoms with Crippen molar-refractivity contribution in [3.8, 4) is 11.4 Å². The van der Waals surface area contributed by atoms with Crippen molar-refractivity contribution in [1.82, 2.24) is 19.8 Å². The summed E-state index contributed by atoms with van der Waals surface area (Å²) in [7, 11) is 0. The summed E-state index contributed by atoms with van der Waals surface area (Å²) < 4.78 is 1.88. The summed E-state index contributed by atoms with van der Waals surface area (Å²) in [5.41, 5.74) is 5.45. The van der Waals surface area contributed by atoms with Gasteiger partial charge in [0.05, 0.1) is 6.04 Å². The van der Waals surface area contributed by atoms with Gasteiger partial charge in [-0.1, -0.05) is 65.8 Å². The molecule has 1 N–H and O–H groups in total. The first kappa shape index (κ1) is 19.8. The van der Waals surface area contributed by atoms with Gasteiger partial charge in [0.1, 0.15) is 5.25 Å². The quantitative estimate of drug-likeness (QED) is 0.660. The Morgan fingerprint density at radius 1 is 1.10 bits per heavy atom. The van der Waals surface area contributed by atoms with Crippen LogP contribution in [0, 0.1) is 0 Å². The van der Waals surface area contributed by atoms with E-state index in [-0.39, 0.29) is 17.2 Å². The van der Waals surface area contributed by atoms with Crippen LogP contribution in [0.1, 0.15) is 25.5 Å². The van der Waals surface area contributed by atoms with Gasteiger partial charge in [-0.15, -0.1) is 10.2 Å². The molecule has 1 aliphatic rings. The largest absolute Gasteiger partial charge is 0.342 e. The Morgan fingerprint density at radius 2 is 1.79 bits per heavy atom. The van der Waals surface area contributed by atoms with Crippen molar-refractivity contribution in [1.29, 1.82) is 0 Å². The van der Waals surface area contributed by atoms with Crippen LogP contribution in [-0.2, 0) is 4.79 Å². The molecule has 0 saturated heterocycles. The molecule has 3 aromatic rings. The fourth-order valence-corrected chi connectivity index (χ4v) is 4.74. The summed E-state index contributed by atoms with van der Waals surface area (Å²) in [4.78, 5) is 15.1. The minimum Gasteiger partial charge on any atom is -0.342 e. The monoisotopic (exact) mass is 427 g/mol. The highest BCUT2D eigenvalue weighted by atomic mass is 35.5. The van der Waals surface area contributed by atoms with Gasteiger partial charge >= 0.3 is 0 Å². The van der Waals surface area contributed by atoms with Crippen molar-refractivity contribution < 1.29 is 4.79 Å². The van der Waals surface area contributed by atoms with E-state index in [9.17, 15) is 4.79 Å². The zero-order valence-electron chi connectivity index (χ0n) is 16.2. The van der Waals surface area contributed by atoms with Gasteiger partial charge in [-0.2, -0.15) is 0 Å². The zero-order chi connectivity index (χ0) is 20.4. The number of nitrogens with zero attached hydrogens (tertiary/aromatic N) is 4. The molecular weight excluding hydrogens is 406 g/mol. The van der Waals surface area contributed by atoms with E-state index in [0.29, 0.717) is 23.3 Å². The number of rotatable bonds is 5. The first-order valence-electron chi connectivity index (χ1n) is 9.60. The van der Waals surface area contributed by atoms with Crippen LogP contribution in [0.4, 0.5) is 0 Å². The Hall–Kier alpha value is -2.51. The lowest BCUT2D eigenvalue weighted by Gasteiger charge is -2.35. The SMILES string of the molecule is CCN(CC)C(=O)[C@H]1Sc2nnc(-c3ccccc3)n2N[C@@H]1c1ccc(Cl)cc1. The second kappa shape index (κ2) is 8.47. The summed E-state index contributed by atoms with van der Waals surface area (Å²) in [5, 5.41) is 9.71. The topological polar surface area (TPSA) is 63.1 Å². The number of carbonyl (C=O) groups is 1. The van der Waals surface area contributed by atoms with Crippen molar-refractivity contribution in [3.63, 3.8) is 0 Å². The normalized spacial score (nSPS) is 18.0. The molecule has 2 aromatic carbocycles. The fraction of sp³-hybridized carbons (Fsp3) is 0.286. The van der Waals surface area contributed by atoms with E-state index < -0.39 is 0 Å². The van der Waals surface area contributed by atoms with E-state index >= 15 is 0 Å². The third-order valence-corrected chi connectivity index (χ3v) is 6.47. The first-order chi connectivity index (χ1) is 14.1. The highest BCUT2D eigenvalue weighted by Crippen LogP contribution is 2.39. The van der Waals surface area contributed by atoms with Gasteiger partial charge in [0.2, 0.25) is 11.1 Å². The summed E-state index contributed by atoms with van der Waals surface area (Å²) in [5.74, 6) is 0.809. The number of amides is 1. The number of halogens is 1. The summed E-state index contributed by atoms with van der Waals surface area (Å²) in [6.45, 7) is 5.33. The fourth-order valence-electron chi connectivity index (χ4n) is 3.45. The van der Waals surface area contributed by atoms with Crippen LogP contribution in [0.15, 0.2) is 59.8 Å². The Kier molecular flexibility index (Phi) is 5.78. The predicted octanol–water partition coefficient (Wildman–Crippen LogP) is 4.23. The maximum atomic E-state index is 13.3. The van der Waals surface area contributed by atoms with Crippen molar-refractivity contribution in [2.24, 2.45) is 0 Å². The van der Waals surface area contributed by atoms with E-state index in [1.54, 1.807) is 0 Å². The molecule has 1 aliphatic heterocycles. The first-order valence-corrected chi connectivity index (χ1v) is 10.9. The number of nitrogens with one attached hydrogen (secondary N) is 1. The third kappa shape index (κ3) is 3.84. The molecule has 8 heteroatoms. The molecular formula is C21H22ClN5OS. The third-order valence-electron chi connectivity index (χ3n) is 5.02. The molecule has 1 aromatic heterocycles. The molecule has 0 spiro atoms. The Labute approximate surface area is 179 Å². The second-order valence-electron chi connectivity index (χ2n) is 6.71. The summed E-state index contributed by atoms with van der Waals surface area (Å²) >= 11 is 7.54. The lowest BCUT2D eigenvalue weighted by molar-refractivity contribution is -0.130. The Bertz CT molecular complexity index is 988. The van der Waals surface area contributed by atoms with E-state index in [1.165, 1.54) is 11.8 Å². The van der Waals surface area contributed by atoms with Crippen LogP contribution >= 0.6 is 23.4 Å². The van der Waals surface area contributed by atoms with Crippen LogP contribution in [0.3, 0.4) is 0 Å². The molecule has 0 fully saturated rings. The van der Waals surface area contributed by atoms with Crippen molar-refractivity contribution >= 4 is 29.3 Å². The Morgan fingerprint density at radius 3 is 2.45 bits per heavy atom. The number of hydrogen-bond donors (Lipinski definition) is 1. The molecule has 150 valence electrons.